The molecule has 1 heterocycles. The molecule has 0 bridgehead atoms. The fraction of sp³-hybridized carbons (Fsp3) is 0.381. The molecule has 1 fully saturated rings. The summed E-state index contributed by atoms with van der Waals surface area (Å²) in [6.45, 7) is 0.964. The van der Waals surface area contributed by atoms with Crippen molar-refractivity contribution in [1.82, 2.24) is 9.62 Å². The van der Waals surface area contributed by atoms with Gasteiger partial charge in [-0.25, -0.2) is 17.1 Å². The summed E-state index contributed by atoms with van der Waals surface area (Å²) in [5.74, 6) is -1.04. The largest absolute Gasteiger partial charge is 0.355 e. The Kier molecular flexibility index (Phi) is 7.74. The molecule has 1 atom stereocenters. The summed E-state index contributed by atoms with van der Waals surface area (Å²) in [7, 11) is -3.58. The molecule has 0 aliphatic carbocycles. The molecule has 1 amide bonds. The summed E-state index contributed by atoms with van der Waals surface area (Å²) in [5.41, 5.74) is 1.47. The summed E-state index contributed by atoms with van der Waals surface area (Å²) in [6.07, 6.45) is 1.84. The topological polar surface area (TPSA) is 66.5 Å². The van der Waals surface area contributed by atoms with E-state index in [9.17, 15) is 17.6 Å². The first-order valence-electron chi connectivity index (χ1n) is 9.68. The zero-order valence-electron chi connectivity index (χ0n) is 16.3. The Morgan fingerprint density at radius 1 is 1.10 bits per heavy atom. The average molecular weight is 473 g/mol. The van der Waals surface area contributed by atoms with Gasteiger partial charge >= 0.3 is 0 Å². The molecule has 9 heteroatoms. The highest BCUT2D eigenvalue weighted by atomic mass is 35.5. The Hall–Kier alpha value is -1.67. The fourth-order valence-electron chi connectivity index (χ4n) is 3.47. The van der Waals surface area contributed by atoms with Crippen molar-refractivity contribution in [2.45, 2.75) is 25.0 Å². The number of halogens is 3. The molecule has 5 nitrogen and oxygen atoms in total. The van der Waals surface area contributed by atoms with E-state index < -0.39 is 15.9 Å². The molecule has 0 radical (unpaired) electrons. The van der Waals surface area contributed by atoms with E-state index in [1.165, 1.54) is 16.4 Å². The predicted molar refractivity (Wildman–Crippen MR) is 116 cm³/mol. The van der Waals surface area contributed by atoms with Gasteiger partial charge in [-0.1, -0.05) is 41.4 Å². The molecule has 3 rings (SSSR count). The molecule has 0 spiro atoms. The highest BCUT2D eigenvalue weighted by molar-refractivity contribution is 7.88. The molecule has 1 N–H and O–H groups in total. The Bertz CT molecular complexity index is 1000. The number of hydrogen-bond donors (Lipinski definition) is 1. The number of piperidine rings is 1. The zero-order chi connectivity index (χ0) is 21.7. The number of carbonyl (C=O) groups is 1. The number of nitrogens with zero attached hydrogens (tertiary/aromatic N) is 1. The van der Waals surface area contributed by atoms with Gasteiger partial charge in [-0.15, -0.1) is 0 Å². The first-order valence-corrected chi connectivity index (χ1v) is 12.0. The van der Waals surface area contributed by atoms with Crippen molar-refractivity contribution >= 4 is 39.1 Å². The van der Waals surface area contributed by atoms with Crippen molar-refractivity contribution in [3.63, 3.8) is 0 Å². The monoisotopic (exact) mass is 472 g/mol. The Balaban J connectivity index is 1.54. The molecule has 162 valence electrons. The van der Waals surface area contributed by atoms with Crippen molar-refractivity contribution in [3.8, 4) is 0 Å². The average Bonchev–Trinajstić information content (AvgIpc) is 2.72. The number of sulfonamides is 1. The minimum Gasteiger partial charge on any atom is -0.355 e. The van der Waals surface area contributed by atoms with E-state index >= 15 is 0 Å². The first kappa shape index (κ1) is 23.0. The van der Waals surface area contributed by atoms with Crippen LogP contribution in [-0.2, 0) is 27.0 Å². The predicted octanol–water partition coefficient (Wildman–Crippen LogP) is 4.03. The van der Waals surface area contributed by atoms with Crippen LogP contribution < -0.4 is 5.32 Å². The van der Waals surface area contributed by atoms with E-state index in [0.29, 0.717) is 48.0 Å². The van der Waals surface area contributed by atoms with Crippen molar-refractivity contribution in [1.29, 1.82) is 0 Å². The summed E-state index contributed by atoms with van der Waals surface area (Å²) < 4.78 is 40.0. The molecular weight excluding hydrogens is 450 g/mol. The lowest BCUT2D eigenvalue weighted by atomic mass is 9.99. The number of carbonyl (C=O) groups excluding carboxylic acids is 1. The molecule has 2 aromatic rings. The molecule has 0 saturated carbocycles. The highest BCUT2D eigenvalue weighted by Crippen LogP contribution is 2.26. The zero-order valence-corrected chi connectivity index (χ0v) is 18.6. The van der Waals surface area contributed by atoms with Crippen LogP contribution in [0.4, 0.5) is 4.39 Å². The summed E-state index contributed by atoms with van der Waals surface area (Å²) in [6, 6.07) is 10.9. The lowest BCUT2D eigenvalue weighted by molar-refractivity contribution is -0.126. The van der Waals surface area contributed by atoms with Crippen molar-refractivity contribution in [2.24, 2.45) is 5.92 Å². The van der Waals surface area contributed by atoms with Gasteiger partial charge < -0.3 is 5.32 Å². The number of rotatable bonds is 7. The van der Waals surface area contributed by atoms with Crippen LogP contribution in [0.3, 0.4) is 0 Å². The van der Waals surface area contributed by atoms with Crippen LogP contribution in [-0.4, -0.2) is 38.3 Å². The van der Waals surface area contributed by atoms with Gasteiger partial charge in [0.25, 0.3) is 0 Å². The van der Waals surface area contributed by atoms with Crippen molar-refractivity contribution in [2.75, 3.05) is 19.6 Å². The molecule has 0 unspecified atom stereocenters. The molecule has 1 saturated heterocycles. The van der Waals surface area contributed by atoms with Gasteiger partial charge in [0.15, 0.2) is 0 Å². The maximum absolute atomic E-state index is 13.0. The normalized spacial score (nSPS) is 17.6. The number of nitrogens with one attached hydrogen (secondary N) is 1. The van der Waals surface area contributed by atoms with E-state index in [0.717, 1.165) is 5.56 Å². The van der Waals surface area contributed by atoms with Crippen LogP contribution in [0.25, 0.3) is 0 Å². The molecule has 0 aromatic heterocycles. The standard InChI is InChI=1S/C21H23Cl2FN2O3S/c22-19-8-5-16(12-20(19)23)14-30(28,29)26-11-1-2-17(13-26)21(27)25-10-9-15-3-6-18(24)7-4-15/h3-8,12,17H,1-2,9-11,13-14H2,(H,25,27)/t17-/m0/s1. The SMILES string of the molecule is O=C(NCCc1ccc(F)cc1)[C@H]1CCCN(S(=O)(=O)Cc2ccc(Cl)c(Cl)c2)C1. The minimum absolute atomic E-state index is 0.159. The third kappa shape index (κ3) is 6.17. The Labute approximate surface area is 186 Å². The smallest absolute Gasteiger partial charge is 0.224 e. The third-order valence-electron chi connectivity index (χ3n) is 5.11. The second-order valence-electron chi connectivity index (χ2n) is 7.37. The van der Waals surface area contributed by atoms with Crippen LogP contribution in [0.15, 0.2) is 42.5 Å². The lowest BCUT2D eigenvalue weighted by Gasteiger charge is -2.31. The maximum Gasteiger partial charge on any atom is 0.224 e. The van der Waals surface area contributed by atoms with Gasteiger partial charge in [-0.3, -0.25) is 4.79 Å². The second-order valence-corrected chi connectivity index (χ2v) is 10.2. The number of hydrogen-bond acceptors (Lipinski definition) is 3. The van der Waals surface area contributed by atoms with Crippen molar-refractivity contribution < 1.29 is 17.6 Å². The minimum atomic E-state index is -3.58. The van der Waals surface area contributed by atoms with Crippen LogP contribution in [0.1, 0.15) is 24.0 Å². The van der Waals surface area contributed by atoms with Gasteiger partial charge in [0.05, 0.1) is 21.7 Å². The molecule has 2 aromatic carbocycles. The lowest BCUT2D eigenvalue weighted by Crippen LogP contribution is -2.46. The molecule has 1 aliphatic heterocycles. The number of benzene rings is 2. The Morgan fingerprint density at radius 3 is 2.50 bits per heavy atom. The quantitative estimate of drug-likeness (QED) is 0.661. The maximum atomic E-state index is 13.0. The fourth-order valence-corrected chi connectivity index (χ4v) is 5.38. The van der Waals surface area contributed by atoms with E-state index in [1.54, 1.807) is 30.3 Å². The van der Waals surface area contributed by atoms with Crippen LogP contribution in [0.5, 0.6) is 0 Å². The summed E-state index contributed by atoms with van der Waals surface area (Å²) >= 11 is 11.9. The first-order chi connectivity index (χ1) is 14.2. The molecular formula is C21H23Cl2FN2O3S. The summed E-state index contributed by atoms with van der Waals surface area (Å²) in [5, 5.41) is 3.54. The van der Waals surface area contributed by atoms with E-state index in [4.69, 9.17) is 23.2 Å². The van der Waals surface area contributed by atoms with Crippen LogP contribution in [0, 0.1) is 11.7 Å². The number of amides is 1. The van der Waals surface area contributed by atoms with Gasteiger partial charge in [0, 0.05) is 19.6 Å². The second kappa shape index (κ2) is 10.1. The molecule has 30 heavy (non-hydrogen) atoms. The van der Waals surface area contributed by atoms with Gasteiger partial charge in [0.1, 0.15) is 5.82 Å². The van der Waals surface area contributed by atoms with E-state index in [1.807, 2.05) is 0 Å². The van der Waals surface area contributed by atoms with Gasteiger partial charge in [0.2, 0.25) is 15.9 Å². The van der Waals surface area contributed by atoms with Crippen molar-refractivity contribution in [3.05, 3.63) is 69.5 Å². The van der Waals surface area contributed by atoms with E-state index in [2.05, 4.69) is 5.32 Å². The highest BCUT2D eigenvalue weighted by Gasteiger charge is 2.32. The third-order valence-corrected chi connectivity index (χ3v) is 7.66. The summed E-state index contributed by atoms with van der Waals surface area (Å²) in [4.78, 5) is 12.5. The van der Waals surface area contributed by atoms with Gasteiger partial charge in [-0.2, -0.15) is 0 Å². The van der Waals surface area contributed by atoms with E-state index in [-0.39, 0.29) is 24.0 Å². The Morgan fingerprint density at radius 2 is 1.80 bits per heavy atom. The molecule has 1 aliphatic rings. The van der Waals surface area contributed by atoms with Crippen LogP contribution in [0.2, 0.25) is 10.0 Å². The van der Waals surface area contributed by atoms with Crippen LogP contribution >= 0.6 is 23.2 Å². The van der Waals surface area contributed by atoms with Gasteiger partial charge in [-0.05, 0) is 54.7 Å².